The normalized spacial score (nSPS) is 11.6. The SMILES string of the molecule is C=NC(=NC(=N)c1ccccc1)c1cccc(-c2ccc3c(c2)c2ccccc2c2cccc(-c4ccc5oc6ccccc6c5c4)c23)c1.Cc1ccccc1. The molecule has 0 radical (unpaired) electrons. The fourth-order valence-electron chi connectivity index (χ4n) is 7.65. The number of rotatable bonds is 4. The van der Waals surface area contributed by atoms with Gasteiger partial charge in [-0.15, -0.1) is 0 Å². The summed E-state index contributed by atoms with van der Waals surface area (Å²) in [5, 5.41) is 18.1. The van der Waals surface area contributed by atoms with Gasteiger partial charge >= 0.3 is 0 Å². The molecule has 4 heteroatoms. The van der Waals surface area contributed by atoms with Gasteiger partial charge in [0.05, 0.1) is 0 Å². The average molecular weight is 720 g/mol. The highest BCUT2D eigenvalue weighted by molar-refractivity contribution is 6.29. The van der Waals surface area contributed by atoms with Gasteiger partial charge in [-0.05, 0) is 98.5 Å². The Morgan fingerprint density at radius 3 is 1.79 bits per heavy atom. The molecule has 56 heavy (non-hydrogen) atoms. The quantitative estimate of drug-likeness (QED) is 0.110. The Morgan fingerprint density at radius 2 is 1.04 bits per heavy atom. The number of benzene rings is 9. The van der Waals surface area contributed by atoms with E-state index in [0.29, 0.717) is 5.84 Å². The number of nitrogens with one attached hydrogen (secondary N) is 1. The molecule has 0 amide bonds. The van der Waals surface area contributed by atoms with E-state index in [2.05, 4.69) is 139 Å². The standard InChI is InChI=1S/C45H29N3O.C7H8/c1-47-45(48-44(46)28-11-3-2-4-12-28)32-14-9-13-29(25-32)30-21-23-38-39(26-30)35-16-6-5-15-34(35)37-19-10-18-33(43(37)38)31-22-24-42-40(27-31)36-17-7-8-20-41(36)49-42;1-7-5-3-2-4-6-7/h2-27,46H,1H2;2-6H,1H3. The molecule has 0 bridgehead atoms. The molecule has 266 valence electrons. The van der Waals surface area contributed by atoms with Crippen molar-refractivity contribution in [2.24, 2.45) is 9.98 Å². The van der Waals surface area contributed by atoms with E-state index in [4.69, 9.17) is 9.83 Å². The van der Waals surface area contributed by atoms with Crippen LogP contribution in [-0.4, -0.2) is 18.4 Å². The largest absolute Gasteiger partial charge is 0.456 e. The molecule has 0 aliphatic rings. The van der Waals surface area contributed by atoms with Crippen molar-refractivity contribution < 1.29 is 4.42 Å². The highest BCUT2D eigenvalue weighted by atomic mass is 16.3. The highest BCUT2D eigenvalue weighted by Crippen LogP contribution is 2.42. The zero-order valence-electron chi connectivity index (χ0n) is 30.9. The molecule has 0 fully saturated rings. The third-order valence-electron chi connectivity index (χ3n) is 10.4. The van der Waals surface area contributed by atoms with E-state index in [1.165, 1.54) is 43.4 Å². The van der Waals surface area contributed by atoms with Crippen molar-refractivity contribution in [1.82, 2.24) is 0 Å². The van der Waals surface area contributed by atoms with Gasteiger partial charge in [0.25, 0.3) is 0 Å². The molecule has 1 N–H and O–H groups in total. The zero-order valence-corrected chi connectivity index (χ0v) is 30.9. The van der Waals surface area contributed by atoms with Crippen LogP contribution in [0, 0.1) is 12.3 Å². The van der Waals surface area contributed by atoms with Crippen molar-refractivity contribution >= 4 is 72.6 Å². The summed E-state index contributed by atoms with van der Waals surface area (Å²) in [7, 11) is 0. The molecule has 0 aliphatic heterocycles. The number of aryl methyl sites for hydroxylation is 1. The lowest BCUT2D eigenvalue weighted by Gasteiger charge is -2.16. The van der Waals surface area contributed by atoms with E-state index in [1.54, 1.807) is 0 Å². The summed E-state index contributed by atoms with van der Waals surface area (Å²) in [5.41, 5.74) is 9.12. The van der Waals surface area contributed by atoms with Crippen molar-refractivity contribution in [3.63, 3.8) is 0 Å². The second kappa shape index (κ2) is 14.8. The minimum atomic E-state index is 0.147. The predicted molar refractivity (Wildman–Crippen MR) is 238 cm³/mol. The smallest absolute Gasteiger partial charge is 0.161 e. The monoisotopic (exact) mass is 719 g/mol. The van der Waals surface area contributed by atoms with E-state index in [1.807, 2.05) is 72.8 Å². The Bertz CT molecular complexity index is 3120. The van der Waals surface area contributed by atoms with E-state index in [9.17, 15) is 0 Å². The topological polar surface area (TPSA) is 61.7 Å². The lowest BCUT2D eigenvalue weighted by atomic mass is 9.88. The molecule has 0 spiro atoms. The number of fused-ring (bicyclic) bond motifs is 9. The molecule has 0 aliphatic carbocycles. The Balaban J connectivity index is 0.000000530. The summed E-state index contributed by atoms with van der Waals surface area (Å²) in [6.07, 6.45) is 0. The van der Waals surface area contributed by atoms with Crippen molar-refractivity contribution in [1.29, 1.82) is 5.41 Å². The van der Waals surface area contributed by atoms with Gasteiger partial charge in [0.2, 0.25) is 0 Å². The van der Waals surface area contributed by atoms with Gasteiger partial charge in [-0.2, -0.15) is 0 Å². The molecule has 0 unspecified atom stereocenters. The van der Waals surface area contributed by atoms with Gasteiger partial charge in [0, 0.05) is 21.9 Å². The minimum Gasteiger partial charge on any atom is -0.456 e. The van der Waals surface area contributed by atoms with E-state index in [0.717, 1.165) is 49.8 Å². The summed E-state index contributed by atoms with van der Waals surface area (Å²) in [4.78, 5) is 8.74. The molecule has 10 aromatic rings. The Labute approximate surface area is 325 Å². The van der Waals surface area contributed by atoms with Crippen molar-refractivity contribution in [2.45, 2.75) is 6.92 Å². The Kier molecular flexibility index (Phi) is 9.06. The first-order valence-electron chi connectivity index (χ1n) is 18.7. The first-order valence-corrected chi connectivity index (χ1v) is 18.7. The van der Waals surface area contributed by atoms with Crippen molar-refractivity contribution in [3.05, 3.63) is 205 Å². The van der Waals surface area contributed by atoms with Crippen LogP contribution in [0.15, 0.2) is 202 Å². The van der Waals surface area contributed by atoms with Crippen molar-refractivity contribution in [2.75, 3.05) is 0 Å². The molecule has 10 rings (SSSR count). The predicted octanol–water partition coefficient (Wildman–Crippen LogP) is 13.8. The molecule has 0 saturated carbocycles. The van der Waals surface area contributed by atoms with Gasteiger partial charge < -0.3 is 4.42 Å². The first kappa shape index (κ1) is 34.3. The van der Waals surface area contributed by atoms with Crippen LogP contribution in [0.3, 0.4) is 0 Å². The van der Waals surface area contributed by atoms with Crippen LogP contribution in [0.25, 0.3) is 76.5 Å². The summed E-state index contributed by atoms with van der Waals surface area (Å²) in [5.74, 6) is 0.563. The number of aliphatic imine (C=N–C) groups is 2. The van der Waals surface area contributed by atoms with E-state index >= 15 is 0 Å². The highest BCUT2D eigenvalue weighted by Gasteiger charge is 2.16. The Morgan fingerprint density at radius 1 is 0.464 bits per heavy atom. The number of furan rings is 1. The maximum absolute atomic E-state index is 8.53. The van der Waals surface area contributed by atoms with Crippen LogP contribution in [0.1, 0.15) is 16.7 Å². The second-order valence-electron chi connectivity index (χ2n) is 13.9. The lowest BCUT2D eigenvalue weighted by molar-refractivity contribution is 0.669. The van der Waals surface area contributed by atoms with Crippen LogP contribution < -0.4 is 0 Å². The van der Waals surface area contributed by atoms with Gasteiger partial charge in [-0.3, -0.25) is 5.41 Å². The number of nitrogens with zero attached hydrogens (tertiary/aromatic N) is 2. The number of para-hydroxylation sites is 1. The molecule has 0 atom stereocenters. The number of amidine groups is 2. The fourth-order valence-corrected chi connectivity index (χ4v) is 7.65. The van der Waals surface area contributed by atoms with Crippen LogP contribution in [0.5, 0.6) is 0 Å². The first-order chi connectivity index (χ1) is 27.6. The van der Waals surface area contributed by atoms with Gasteiger partial charge in [0.1, 0.15) is 11.2 Å². The Hall–Kier alpha value is -7.43. The molecular formula is C52H37N3O. The molecule has 4 nitrogen and oxygen atoms in total. The molecule has 1 heterocycles. The zero-order chi connectivity index (χ0) is 38.0. The maximum atomic E-state index is 8.53. The van der Waals surface area contributed by atoms with Gasteiger partial charge in [-0.1, -0.05) is 163 Å². The summed E-state index contributed by atoms with van der Waals surface area (Å²) >= 11 is 0. The molecule has 9 aromatic carbocycles. The van der Waals surface area contributed by atoms with Gasteiger partial charge in [0.15, 0.2) is 11.7 Å². The van der Waals surface area contributed by atoms with Crippen molar-refractivity contribution in [3.8, 4) is 22.3 Å². The molecule has 0 saturated heterocycles. The third-order valence-corrected chi connectivity index (χ3v) is 10.4. The minimum absolute atomic E-state index is 0.147. The third kappa shape index (κ3) is 6.44. The summed E-state index contributed by atoms with van der Waals surface area (Å²) in [6.45, 7) is 5.85. The van der Waals surface area contributed by atoms with Gasteiger partial charge in [-0.25, -0.2) is 9.98 Å². The lowest BCUT2D eigenvalue weighted by Crippen LogP contribution is -2.03. The summed E-state index contributed by atoms with van der Waals surface area (Å²) < 4.78 is 6.16. The maximum Gasteiger partial charge on any atom is 0.161 e. The number of hydrogen-bond donors (Lipinski definition) is 1. The van der Waals surface area contributed by atoms with Crippen LogP contribution >= 0.6 is 0 Å². The van der Waals surface area contributed by atoms with Crippen LogP contribution in [-0.2, 0) is 0 Å². The molecular weight excluding hydrogens is 683 g/mol. The van der Waals surface area contributed by atoms with E-state index < -0.39 is 0 Å². The fraction of sp³-hybridized carbons (Fsp3) is 0.0192. The van der Waals surface area contributed by atoms with Crippen LogP contribution in [0.2, 0.25) is 0 Å². The number of hydrogen-bond acceptors (Lipinski definition) is 2. The summed E-state index contributed by atoms with van der Waals surface area (Å²) in [6, 6.07) is 64.7. The average Bonchev–Trinajstić information content (AvgIpc) is 3.64. The molecule has 1 aromatic heterocycles. The second-order valence-corrected chi connectivity index (χ2v) is 13.9. The van der Waals surface area contributed by atoms with Crippen LogP contribution in [0.4, 0.5) is 0 Å². The van der Waals surface area contributed by atoms with E-state index in [-0.39, 0.29) is 5.84 Å².